The van der Waals surface area contributed by atoms with Crippen molar-refractivity contribution in [3.63, 3.8) is 0 Å². The molecule has 4 aromatic rings. The van der Waals surface area contributed by atoms with Gasteiger partial charge in [-0.3, -0.25) is 0 Å². The van der Waals surface area contributed by atoms with Gasteiger partial charge in [-0.05, 0) is 31.4 Å². The maximum absolute atomic E-state index is 4.64. The Morgan fingerprint density at radius 2 is 1.90 bits per heavy atom. The van der Waals surface area contributed by atoms with E-state index in [4.69, 9.17) is 0 Å². The van der Waals surface area contributed by atoms with Crippen molar-refractivity contribution in [3.8, 4) is 5.69 Å². The van der Waals surface area contributed by atoms with Gasteiger partial charge in [0.2, 0.25) is 0 Å². The number of anilines is 1. The highest BCUT2D eigenvalue weighted by atomic mass is 15.3. The van der Waals surface area contributed by atoms with Gasteiger partial charge in [0.15, 0.2) is 5.65 Å². The Labute approximate surface area is 168 Å². The van der Waals surface area contributed by atoms with Crippen molar-refractivity contribution in [1.82, 2.24) is 34.5 Å². The lowest BCUT2D eigenvalue weighted by Gasteiger charge is -2.33. The SMILES string of the molecule is c1ccc(-n2ncc3c(N4CCCC(c5nnc6n5CCC6)C4)ncnc32)cc1. The van der Waals surface area contributed by atoms with Crippen LogP contribution in [0.2, 0.25) is 0 Å². The Bertz CT molecular complexity index is 1160. The molecule has 1 saturated heterocycles. The highest BCUT2D eigenvalue weighted by molar-refractivity contribution is 5.87. The number of fused-ring (bicyclic) bond motifs is 2. The molecule has 3 aromatic heterocycles. The van der Waals surface area contributed by atoms with E-state index in [0.717, 1.165) is 73.1 Å². The van der Waals surface area contributed by atoms with E-state index in [1.165, 1.54) is 6.42 Å². The van der Waals surface area contributed by atoms with Crippen LogP contribution in [0.1, 0.15) is 36.8 Å². The third-order valence-corrected chi connectivity index (χ3v) is 6.07. The summed E-state index contributed by atoms with van der Waals surface area (Å²) in [6.07, 6.45) is 8.03. The zero-order chi connectivity index (χ0) is 19.2. The third kappa shape index (κ3) is 2.70. The molecule has 0 N–H and O–H groups in total. The van der Waals surface area contributed by atoms with E-state index in [1.54, 1.807) is 6.33 Å². The highest BCUT2D eigenvalue weighted by Gasteiger charge is 2.30. The molecule has 0 radical (unpaired) electrons. The number of nitrogens with zero attached hydrogens (tertiary/aromatic N) is 8. The molecule has 1 aromatic carbocycles. The van der Waals surface area contributed by atoms with Gasteiger partial charge in [-0.15, -0.1) is 10.2 Å². The van der Waals surface area contributed by atoms with E-state index >= 15 is 0 Å². The minimum absolute atomic E-state index is 0.386. The van der Waals surface area contributed by atoms with Crippen LogP contribution in [0.15, 0.2) is 42.9 Å². The van der Waals surface area contributed by atoms with Gasteiger partial charge in [-0.2, -0.15) is 5.10 Å². The molecule has 5 heterocycles. The van der Waals surface area contributed by atoms with Gasteiger partial charge in [0, 0.05) is 32.0 Å². The fourth-order valence-corrected chi connectivity index (χ4v) is 4.70. The Hall–Kier alpha value is -3.29. The second-order valence-corrected chi connectivity index (χ2v) is 7.84. The minimum atomic E-state index is 0.386. The van der Waals surface area contributed by atoms with E-state index in [2.05, 4.69) is 34.7 Å². The van der Waals surface area contributed by atoms with Gasteiger partial charge < -0.3 is 9.47 Å². The number of aromatic nitrogens is 7. The van der Waals surface area contributed by atoms with Gasteiger partial charge in [0.25, 0.3) is 0 Å². The Morgan fingerprint density at radius 1 is 0.966 bits per heavy atom. The molecule has 1 fully saturated rings. The lowest BCUT2D eigenvalue weighted by Crippen LogP contribution is -2.36. The quantitative estimate of drug-likeness (QED) is 0.539. The van der Waals surface area contributed by atoms with Crippen molar-refractivity contribution < 1.29 is 0 Å². The third-order valence-electron chi connectivity index (χ3n) is 6.07. The van der Waals surface area contributed by atoms with Crippen molar-refractivity contribution in [2.24, 2.45) is 0 Å². The summed E-state index contributed by atoms with van der Waals surface area (Å²) in [5.74, 6) is 3.64. The number of aryl methyl sites for hydroxylation is 1. The first-order valence-corrected chi connectivity index (χ1v) is 10.3. The average molecular weight is 386 g/mol. The van der Waals surface area contributed by atoms with Crippen LogP contribution in [0, 0.1) is 0 Å². The number of hydrogen-bond acceptors (Lipinski definition) is 6. The second kappa shape index (κ2) is 6.65. The maximum Gasteiger partial charge on any atom is 0.168 e. The molecule has 8 heteroatoms. The van der Waals surface area contributed by atoms with Gasteiger partial charge in [0.05, 0.1) is 17.3 Å². The van der Waals surface area contributed by atoms with Gasteiger partial charge >= 0.3 is 0 Å². The summed E-state index contributed by atoms with van der Waals surface area (Å²) in [5.41, 5.74) is 1.84. The summed E-state index contributed by atoms with van der Waals surface area (Å²) in [5, 5.41) is 14.5. The Morgan fingerprint density at radius 3 is 2.83 bits per heavy atom. The number of benzene rings is 1. The molecule has 2 aliphatic rings. The van der Waals surface area contributed by atoms with Crippen LogP contribution < -0.4 is 4.90 Å². The molecule has 0 amide bonds. The first kappa shape index (κ1) is 16.6. The molecule has 1 atom stereocenters. The van der Waals surface area contributed by atoms with Crippen LogP contribution in [0.3, 0.4) is 0 Å². The van der Waals surface area contributed by atoms with Crippen molar-refractivity contribution in [2.45, 2.75) is 38.1 Å². The van der Waals surface area contributed by atoms with E-state index in [0.29, 0.717) is 5.92 Å². The lowest BCUT2D eigenvalue weighted by molar-refractivity contribution is 0.471. The first-order valence-electron chi connectivity index (χ1n) is 10.3. The fourth-order valence-electron chi connectivity index (χ4n) is 4.70. The standard InChI is InChI=1S/C21H22N8/c1-2-7-16(8-3-1)29-21-17(12-24-29)20(22-14-23-21)27-10-4-6-15(13-27)19-26-25-18-9-5-11-28(18)19/h1-3,7-8,12,14-15H,4-6,9-11,13H2. The summed E-state index contributed by atoms with van der Waals surface area (Å²) in [4.78, 5) is 11.5. The average Bonchev–Trinajstić information content (AvgIpc) is 3.50. The number of piperidine rings is 1. The second-order valence-electron chi connectivity index (χ2n) is 7.84. The van der Waals surface area contributed by atoms with Crippen LogP contribution in [0.4, 0.5) is 5.82 Å². The molecular weight excluding hydrogens is 364 g/mol. The smallest absolute Gasteiger partial charge is 0.168 e. The van der Waals surface area contributed by atoms with Crippen LogP contribution in [0.5, 0.6) is 0 Å². The zero-order valence-electron chi connectivity index (χ0n) is 16.1. The van der Waals surface area contributed by atoms with Crippen LogP contribution >= 0.6 is 0 Å². The maximum atomic E-state index is 4.64. The Balaban J connectivity index is 1.35. The minimum Gasteiger partial charge on any atom is -0.355 e. The monoisotopic (exact) mass is 386 g/mol. The van der Waals surface area contributed by atoms with Crippen molar-refractivity contribution >= 4 is 16.9 Å². The van der Waals surface area contributed by atoms with E-state index in [9.17, 15) is 0 Å². The van der Waals surface area contributed by atoms with Crippen molar-refractivity contribution in [3.05, 3.63) is 54.5 Å². The van der Waals surface area contributed by atoms with E-state index in [1.807, 2.05) is 41.2 Å². The molecule has 29 heavy (non-hydrogen) atoms. The molecule has 146 valence electrons. The van der Waals surface area contributed by atoms with Crippen molar-refractivity contribution in [1.29, 1.82) is 0 Å². The molecular formula is C21H22N8. The molecule has 8 nitrogen and oxygen atoms in total. The summed E-state index contributed by atoms with van der Waals surface area (Å²) in [6.45, 7) is 2.94. The molecule has 0 saturated carbocycles. The molecule has 2 aliphatic heterocycles. The summed E-state index contributed by atoms with van der Waals surface area (Å²) >= 11 is 0. The van der Waals surface area contributed by atoms with Gasteiger partial charge in [-0.25, -0.2) is 14.6 Å². The first-order chi connectivity index (χ1) is 14.4. The number of para-hydroxylation sites is 1. The molecule has 0 aliphatic carbocycles. The predicted molar refractivity (Wildman–Crippen MR) is 109 cm³/mol. The largest absolute Gasteiger partial charge is 0.355 e. The lowest BCUT2D eigenvalue weighted by atomic mass is 9.97. The number of rotatable bonds is 3. The molecule has 6 rings (SSSR count). The van der Waals surface area contributed by atoms with E-state index < -0.39 is 0 Å². The predicted octanol–water partition coefficient (Wildman–Crippen LogP) is 2.74. The van der Waals surface area contributed by atoms with Crippen molar-refractivity contribution in [2.75, 3.05) is 18.0 Å². The van der Waals surface area contributed by atoms with Crippen LogP contribution in [0.25, 0.3) is 16.7 Å². The molecule has 1 unspecified atom stereocenters. The fraction of sp³-hybridized carbons (Fsp3) is 0.381. The normalized spacial score (nSPS) is 19.0. The molecule has 0 spiro atoms. The summed E-state index contributed by atoms with van der Waals surface area (Å²) < 4.78 is 4.21. The summed E-state index contributed by atoms with van der Waals surface area (Å²) in [7, 11) is 0. The highest BCUT2D eigenvalue weighted by Crippen LogP contribution is 2.33. The zero-order valence-corrected chi connectivity index (χ0v) is 16.1. The van der Waals surface area contributed by atoms with Gasteiger partial charge in [-0.1, -0.05) is 18.2 Å². The van der Waals surface area contributed by atoms with Gasteiger partial charge in [0.1, 0.15) is 23.8 Å². The number of hydrogen-bond donors (Lipinski definition) is 0. The topological polar surface area (TPSA) is 77.5 Å². The van der Waals surface area contributed by atoms with Crippen LogP contribution in [-0.4, -0.2) is 47.6 Å². The molecule has 0 bridgehead atoms. The Kier molecular flexibility index (Phi) is 3.82. The summed E-state index contributed by atoms with van der Waals surface area (Å²) in [6, 6.07) is 10.1. The van der Waals surface area contributed by atoms with Crippen LogP contribution in [-0.2, 0) is 13.0 Å². The van der Waals surface area contributed by atoms with E-state index in [-0.39, 0.29) is 0 Å².